The van der Waals surface area contributed by atoms with Crippen molar-refractivity contribution >= 4 is 27.6 Å². The fraction of sp³-hybridized carbons (Fsp3) is 0.385. The highest BCUT2D eigenvalue weighted by Crippen LogP contribution is 2.12. The summed E-state index contributed by atoms with van der Waals surface area (Å²) in [4.78, 5) is 25.0. The molecule has 18 heavy (non-hydrogen) atoms. The molecule has 0 aromatic heterocycles. The lowest BCUT2D eigenvalue weighted by molar-refractivity contribution is -0.121. The highest BCUT2D eigenvalue weighted by molar-refractivity contribution is 9.10. The van der Waals surface area contributed by atoms with Crippen LogP contribution in [0.1, 0.15) is 17.3 Å². The second-order valence-electron chi connectivity index (χ2n) is 4.06. The second-order valence-corrected chi connectivity index (χ2v) is 4.97. The minimum Gasteiger partial charge on any atom is -0.355 e. The number of amides is 1. The molecule has 0 atom stereocenters. The van der Waals surface area contributed by atoms with Crippen molar-refractivity contribution in [2.45, 2.75) is 6.92 Å². The van der Waals surface area contributed by atoms with E-state index in [0.29, 0.717) is 12.1 Å². The molecule has 1 aromatic rings. The number of hydrogen-bond acceptors (Lipinski definition) is 3. The number of nitrogens with zero attached hydrogens (tertiary/aromatic N) is 1. The number of likely N-dealkylation sites (N-methyl/N-ethyl adjacent to an activating group) is 2. The molecule has 0 unspecified atom stereocenters. The van der Waals surface area contributed by atoms with Crippen molar-refractivity contribution in [3.05, 3.63) is 34.3 Å². The molecular formula is C13H17BrN2O2. The van der Waals surface area contributed by atoms with Crippen LogP contribution in [0.25, 0.3) is 0 Å². The van der Waals surface area contributed by atoms with Crippen molar-refractivity contribution in [2.75, 3.05) is 26.7 Å². The van der Waals surface area contributed by atoms with E-state index in [-0.39, 0.29) is 24.8 Å². The Hall–Kier alpha value is -1.20. The quantitative estimate of drug-likeness (QED) is 0.813. The summed E-state index contributed by atoms with van der Waals surface area (Å²) in [5.41, 5.74) is 0.645. The molecular weight excluding hydrogens is 296 g/mol. The molecule has 98 valence electrons. The van der Waals surface area contributed by atoms with Gasteiger partial charge in [0.1, 0.15) is 0 Å². The minimum atomic E-state index is -0.0676. The highest BCUT2D eigenvalue weighted by atomic mass is 79.9. The molecule has 0 aliphatic heterocycles. The van der Waals surface area contributed by atoms with Gasteiger partial charge in [0.05, 0.1) is 13.1 Å². The van der Waals surface area contributed by atoms with Gasteiger partial charge in [-0.1, -0.05) is 28.1 Å². The third-order valence-corrected chi connectivity index (χ3v) is 2.84. The van der Waals surface area contributed by atoms with Crippen molar-refractivity contribution < 1.29 is 9.59 Å². The van der Waals surface area contributed by atoms with Crippen molar-refractivity contribution in [2.24, 2.45) is 0 Å². The first-order valence-corrected chi connectivity index (χ1v) is 6.56. The predicted molar refractivity (Wildman–Crippen MR) is 74.7 cm³/mol. The maximum Gasteiger partial charge on any atom is 0.234 e. The van der Waals surface area contributed by atoms with Gasteiger partial charge in [0, 0.05) is 16.6 Å². The largest absolute Gasteiger partial charge is 0.355 e. The van der Waals surface area contributed by atoms with Gasteiger partial charge in [0.25, 0.3) is 0 Å². The van der Waals surface area contributed by atoms with Gasteiger partial charge in [-0.05, 0) is 26.1 Å². The first-order valence-electron chi connectivity index (χ1n) is 5.77. The smallest absolute Gasteiger partial charge is 0.234 e. The lowest BCUT2D eigenvalue weighted by Gasteiger charge is -2.15. The molecule has 4 nitrogen and oxygen atoms in total. The number of benzene rings is 1. The Morgan fingerprint density at radius 1 is 1.33 bits per heavy atom. The summed E-state index contributed by atoms with van der Waals surface area (Å²) in [6.45, 7) is 2.93. The van der Waals surface area contributed by atoms with Gasteiger partial charge in [0.15, 0.2) is 5.78 Å². The Bertz CT molecular complexity index is 435. The topological polar surface area (TPSA) is 49.4 Å². The maximum atomic E-state index is 12.0. The molecule has 0 aliphatic rings. The van der Waals surface area contributed by atoms with Crippen LogP contribution in [0.3, 0.4) is 0 Å². The molecule has 0 aliphatic carbocycles. The van der Waals surface area contributed by atoms with Crippen LogP contribution in [0.15, 0.2) is 28.7 Å². The molecule has 0 radical (unpaired) electrons. The summed E-state index contributed by atoms with van der Waals surface area (Å²) in [7, 11) is 1.76. The average Bonchev–Trinajstić information content (AvgIpc) is 2.28. The first-order chi connectivity index (χ1) is 8.52. The van der Waals surface area contributed by atoms with Crippen LogP contribution in [0.5, 0.6) is 0 Å². The predicted octanol–water partition coefficient (Wildman–Crippen LogP) is 1.70. The summed E-state index contributed by atoms with van der Waals surface area (Å²) in [6.07, 6.45) is 0. The van der Waals surface area contributed by atoms with E-state index in [1.54, 1.807) is 24.1 Å². The van der Waals surface area contributed by atoms with E-state index in [1.165, 1.54) is 0 Å². The lowest BCUT2D eigenvalue weighted by atomic mass is 10.1. The molecule has 0 spiro atoms. The Morgan fingerprint density at radius 3 is 2.67 bits per heavy atom. The summed E-state index contributed by atoms with van der Waals surface area (Å²) >= 11 is 3.33. The molecule has 0 fully saturated rings. The zero-order valence-corrected chi connectivity index (χ0v) is 12.2. The van der Waals surface area contributed by atoms with Gasteiger partial charge in [-0.3, -0.25) is 14.5 Å². The number of carbonyl (C=O) groups excluding carboxylic acids is 2. The standard InChI is InChI=1S/C13H17BrN2O2/c1-3-15-13(18)9-16(2)8-12(17)10-5-4-6-11(14)7-10/h4-7H,3,8-9H2,1-2H3,(H,15,18). The van der Waals surface area contributed by atoms with Gasteiger partial charge in [-0.25, -0.2) is 0 Å². The molecule has 0 saturated carbocycles. The number of nitrogens with one attached hydrogen (secondary N) is 1. The van der Waals surface area contributed by atoms with Gasteiger partial charge < -0.3 is 5.32 Å². The fourth-order valence-electron chi connectivity index (χ4n) is 1.55. The van der Waals surface area contributed by atoms with Crippen molar-refractivity contribution in [3.8, 4) is 0 Å². The maximum absolute atomic E-state index is 12.0. The van der Waals surface area contributed by atoms with E-state index in [1.807, 2.05) is 19.1 Å². The first kappa shape index (κ1) is 14.9. The van der Waals surface area contributed by atoms with E-state index >= 15 is 0 Å². The number of halogens is 1. The monoisotopic (exact) mass is 312 g/mol. The molecule has 1 N–H and O–H groups in total. The number of rotatable bonds is 6. The van der Waals surface area contributed by atoms with E-state index < -0.39 is 0 Å². The molecule has 0 bridgehead atoms. The third-order valence-electron chi connectivity index (χ3n) is 2.35. The number of ketones is 1. The molecule has 0 heterocycles. The zero-order chi connectivity index (χ0) is 13.5. The Labute approximate surface area is 115 Å². The molecule has 1 rings (SSSR count). The zero-order valence-electron chi connectivity index (χ0n) is 10.6. The number of hydrogen-bond donors (Lipinski definition) is 1. The van der Waals surface area contributed by atoms with E-state index in [0.717, 1.165) is 4.47 Å². The minimum absolute atomic E-state index is 0.00287. The number of Topliss-reactive ketones (excluding diaryl/α,β-unsaturated/α-hetero) is 1. The Kier molecular flexibility index (Phi) is 6.01. The van der Waals surface area contributed by atoms with Gasteiger partial charge in [-0.15, -0.1) is 0 Å². The van der Waals surface area contributed by atoms with Crippen molar-refractivity contribution in [1.82, 2.24) is 10.2 Å². The van der Waals surface area contributed by atoms with Gasteiger partial charge in [0.2, 0.25) is 5.91 Å². The van der Waals surface area contributed by atoms with Crippen LogP contribution in [-0.4, -0.2) is 43.3 Å². The Morgan fingerprint density at radius 2 is 2.06 bits per heavy atom. The summed E-state index contributed by atoms with van der Waals surface area (Å²) < 4.78 is 0.875. The normalized spacial score (nSPS) is 10.4. The second kappa shape index (κ2) is 7.28. The van der Waals surface area contributed by atoms with E-state index in [4.69, 9.17) is 0 Å². The van der Waals surface area contributed by atoms with E-state index in [9.17, 15) is 9.59 Å². The highest BCUT2D eigenvalue weighted by Gasteiger charge is 2.12. The molecule has 1 aromatic carbocycles. The van der Waals surface area contributed by atoms with E-state index in [2.05, 4.69) is 21.2 Å². The summed E-state index contributed by atoms with van der Waals surface area (Å²) in [6, 6.07) is 7.24. The van der Waals surface area contributed by atoms with Crippen molar-refractivity contribution in [1.29, 1.82) is 0 Å². The lowest BCUT2D eigenvalue weighted by Crippen LogP contribution is -2.37. The molecule has 5 heteroatoms. The summed E-state index contributed by atoms with van der Waals surface area (Å²) in [5, 5.41) is 2.70. The third kappa shape index (κ3) is 4.98. The van der Waals surface area contributed by atoms with Gasteiger partial charge in [-0.2, -0.15) is 0 Å². The van der Waals surface area contributed by atoms with Crippen LogP contribution in [0, 0.1) is 0 Å². The van der Waals surface area contributed by atoms with Gasteiger partial charge >= 0.3 is 0 Å². The summed E-state index contributed by atoms with van der Waals surface area (Å²) in [5.74, 6) is -0.0647. The molecule has 0 saturated heterocycles. The average molecular weight is 313 g/mol. The molecule has 1 amide bonds. The number of carbonyl (C=O) groups is 2. The van der Waals surface area contributed by atoms with Crippen LogP contribution in [0.4, 0.5) is 0 Å². The Balaban J connectivity index is 2.52. The van der Waals surface area contributed by atoms with Crippen molar-refractivity contribution in [3.63, 3.8) is 0 Å². The SMILES string of the molecule is CCNC(=O)CN(C)CC(=O)c1cccc(Br)c1. The van der Waals surface area contributed by atoms with Crippen LogP contribution in [0.2, 0.25) is 0 Å². The van der Waals surface area contributed by atoms with Crippen LogP contribution < -0.4 is 5.32 Å². The van der Waals surface area contributed by atoms with Crippen LogP contribution in [-0.2, 0) is 4.79 Å². The fourth-order valence-corrected chi connectivity index (χ4v) is 1.95. The van der Waals surface area contributed by atoms with Crippen LogP contribution >= 0.6 is 15.9 Å².